The molecule has 4 heterocycles. The highest BCUT2D eigenvalue weighted by atomic mass is 32.1. The number of thiazole rings is 1. The van der Waals surface area contributed by atoms with Gasteiger partial charge in [-0.15, -0.1) is 11.3 Å². The number of amides is 1. The molecule has 1 unspecified atom stereocenters. The third-order valence-corrected chi connectivity index (χ3v) is 5.82. The van der Waals surface area contributed by atoms with Crippen molar-refractivity contribution in [2.24, 2.45) is 0 Å². The number of anilines is 1. The summed E-state index contributed by atoms with van der Waals surface area (Å²) in [4.78, 5) is 33.2. The number of carbonyl (C=O) groups is 1. The zero-order valence-electron chi connectivity index (χ0n) is 15.9. The smallest absolute Gasteiger partial charge is 0.225 e. The molecule has 1 amide bonds. The second-order valence-electron chi connectivity index (χ2n) is 6.92. The van der Waals surface area contributed by atoms with Crippen molar-refractivity contribution in [2.75, 3.05) is 18.0 Å². The molecule has 0 radical (unpaired) electrons. The summed E-state index contributed by atoms with van der Waals surface area (Å²) < 4.78 is 0. The largest absolute Gasteiger partial charge is 0.351 e. The maximum Gasteiger partial charge on any atom is 0.225 e. The van der Waals surface area contributed by atoms with E-state index in [1.807, 2.05) is 32.0 Å². The van der Waals surface area contributed by atoms with Crippen molar-refractivity contribution in [1.29, 1.82) is 0 Å². The summed E-state index contributed by atoms with van der Waals surface area (Å²) in [5.41, 5.74) is 2.86. The Labute approximate surface area is 167 Å². The van der Waals surface area contributed by atoms with Crippen LogP contribution < -0.4 is 10.2 Å². The number of rotatable bonds is 5. The second kappa shape index (κ2) is 8.02. The highest BCUT2D eigenvalue weighted by Crippen LogP contribution is 2.29. The van der Waals surface area contributed by atoms with Gasteiger partial charge in [-0.25, -0.2) is 15.0 Å². The van der Waals surface area contributed by atoms with Crippen molar-refractivity contribution in [3.8, 4) is 10.6 Å². The van der Waals surface area contributed by atoms with Gasteiger partial charge in [0.05, 0.1) is 27.7 Å². The number of nitrogens with one attached hydrogen (secondary N) is 1. The fourth-order valence-corrected chi connectivity index (χ4v) is 4.31. The van der Waals surface area contributed by atoms with E-state index >= 15 is 0 Å². The molecule has 7 nitrogen and oxygen atoms in total. The van der Waals surface area contributed by atoms with Crippen molar-refractivity contribution in [1.82, 2.24) is 25.3 Å². The molecule has 28 heavy (non-hydrogen) atoms. The van der Waals surface area contributed by atoms with Crippen LogP contribution in [0.5, 0.6) is 0 Å². The summed E-state index contributed by atoms with van der Waals surface area (Å²) in [6, 6.07) is 5.76. The quantitative estimate of drug-likeness (QED) is 0.716. The monoisotopic (exact) mass is 394 g/mol. The summed E-state index contributed by atoms with van der Waals surface area (Å²) in [5, 5.41) is 4.15. The number of hydrogen-bond donors (Lipinski definition) is 1. The lowest BCUT2D eigenvalue weighted by atomic mass is 10.2. The van der Waals surface area contributed by atoms with Gasteiger partial charge in [0.1, 0.15) is 0 Å². The molecule has 0 spiro atoms. The van der Waals surface area contributed by atoms with Crippen molar-refractivity contribution in [3.63, 3.8) is 0 Å². The Morgan fingerprint density at radius 1 is 1.21 bits per heavy atom. The zero-order chi connectivity index (χ0) is 19.5. The van der Waals surface area contributed by atoms with E-state index in [1.54, 1.807) is 29.9 Å². The maximum atomic E-state index is 12.3. The minimum Gasteiger partial charge on any atom is -0.351 e. The molecule has 1 N–H and O–H groups in total. The van der Waals surface area contributed by atoms with Crippen LogP contribution in [0, 0.1) is 13.8 Å². The normalized spacial score (nSPS) is 16.4. The Balaban J connectivity index is 1.40. The third-order valence-electron chi connectivity index (χ3n) is 4.73. The van der Waals surface area contributed by atoms with Crippen LogP contribution in [0.3, 0.4) is 0 Å². The number of carbonyl (C=O) groups excluding carboxylic acids is 1. The van der Waals surface area contributed by atoms with Crippen molar-refractivity contribution in [2.45, 2.75) is 32.7 Å². The van der Waals surface area contributed by atoms with E-state index in [4.69, 9.17) is 4.98 Å². The van der Waals surface area contributed by atoms with Gasteiger partial charge in [-0.1, -0.05) is 0 Å². The lowest BCUT2D eigenvalue weighted by Gasteiger charge is -2.17. The van der Waals surface area contributed by atoms with Gasteiger partial charge in [0.15, 0.2) is 0 Å². The van der Waals surface area contributed by atoms with Gasteiger partial charge >= 0.3 is 0 Å². The molecule has 1 aliphatic heterocycles. The summed E-state index contributed by atoms with van der Waals surface area (Å²) >= 11 is 1.65. The molecular weight excluding hydrogens is 372 g/mol. The summed E-state index contributed by atoms with van der Waals surface area (Å²) in [7, 11) is 0. The Hall–Kier alpha value is -2.87. The molecule has 3 aromatic heterocycles. The third kappa shape index (κ3) is 4.17. The van der Waals surface area contributed by atoms with E-state index in [-0.39, 0.29) is 11.9 Å². The summed E-state index contributed by atoms with van der Waals surface area (Å²) in [6.07, 6.45) is 6.46. The highest BCUT2D eigenvalue weighted by Gasteiger charge is 2.26. The molecule has 1 atom stereocenters. The molecule has 4 rings (SSSR count). The van der Waals surface area contributed by atoms with E-state index in [9.17, 15) is 4.79 Å². The topological polar surface area (TPSA) is 83.9 Å². The average molecular weight is 395 g/mol. The molecule has 0 bridgehead atoms. The Kier molecular flexibility index (Phi) is 5.29. The fraction of sp³-hybridized carbons (Fsp3) is 0.350. The predicted octanol–water partition coefficient (Wildman–Crippen LogP) is 2.55. The van der Waals surface area contributed by atoms with Gasteiger partial charge in [0.25, 0.3) is 0 Å². The molecule has 144 valence electrons. The summed E-state index contributed by atoms with van der Waals surface area (Å²) in [5.74, 6) is 0.734. The van der Waals surface area contributed by atoms with Crippen LogP contribution in [0.2, 0.25) is 0 Å². The van der Waals surface area contributed by atoms with E-state index in [1.165, 1.54) is 0 Å². The molecule has 1 aliphatic rings. The van der Waals surface area contributed by atoms with Crippen molar-refractivity contribution in [3.05, 3.63) is 53.1 Å². The lowest BCUT2D eigenvalue weighted by molar-refractivity contribution is -0.121. The second-order valence-corrected chi connectivity index (χ2v) is 8.12. The molecule has 1 fully saturated rings. The van der Waals surface area contributed by atoms with Gasteiger partial charge in [-0.05, 0) is 44.0 Å². The fourth-order valence-electron chi connectivity index (χ4n) is 3.42. The number of aryl methyl sites for hydroxylation is 2. The minimum absolute atomic E-state index is 0.0310. The molecular formula is C20H22N6OS. The zero-order valence-corrected chi connectivity index (χ0v) is 16.7. The van der Waals surface area contributed by atoms with E-state index in [2.05, 4.69) is 25.2 Å². The number of hydrogen-bond acceptors (Lipinski definition) is 7. The van der Waals surface area contributed by atoms with Crippen molar-refractivity contribution < 1.29 is 4.79 Å². The van der Waals surface area contributed by atoms with Gasteiger partial charge in [-0.2, -0.15) is 0 Å². The first kappa shape index (κ1) is 18.5. The first-order valence-electron chi connectivity index (χ1n) is 9.29. The van der Waals surface area contributed by atoms with Crippen LogP contribution in [-0.2, 0) is 11.2 Å². The molecule has 0 saturated carbocycles. The van der Waals surface area contributed by atoms with Gasteiger partial charge < -0.3 is 10.2 Å². The molecule has 0 aliphatic carbocycles. The van der Waals surface area contributed by atoms with Crippen LogP contribution in [0.1, 0.15) is 22.7 Å². The van der Waals surface area contributed by atoms with E-state index in [0.29, 0.717) is 18.9 Å². The van der Waals surface area contributed by atoms with Gasteiger partial charge in [-0.3, -0.25) is 9.78 Å². The molecule has 0 aromatic carbocycles. The first-order valence-corrected chi connectivity index (χ1v) is 10.1. The Bertz CT molecular complexity index is 974. The van der Waals surface area contributed by atoms with E-state index < -0.39 is 0 Å². The Morgan fingerprint density at radius 2 is 2.04 bits per heavy atom. The number of aromatic nitrogens is 4. The van der Waals surface area contributed by atoms with Gasteiger partial charge in [0.2, 0.25) is 11.9 Å². The molecule has 8 heteroatoms. The minimum atomic E-state index is 0.0310. The highest BCUT2D eigenvalue weighted by molar-refractivity contribution is 7.15. The summed E-state index contributed by atoms with van der Waals surface area (Å²) in [6.45, 7) is 5.55. The van der Waals surface area contributed by atoms with Gasteiger partial charge in [0, 0.05) is 37.7 Å². The number of nitrogens with zero attached hydrogens (tertiary/aromatic N) is 5. The van der Waals surface area contributed by atoms with Crippen LogP contribution in [0.15, 0.2) is 36.8 Å². The first-order chi connectivity index (χ1) is 13.6. The van der Waals surface area contributed by atoms with Crippen LogP contribution >= 0.6 is 11.3 Å². The standard InChI is InChI=1S/C20H22N6OS/c1-13-19(28-14(2)23-13)17-5-9-22-20(25-17)26-10-6-16(12-26)24-18(27)11-15-3-7-21-8-4-15/h3-5,7-9,16H,6,10-12H2,1-2H3,(H,24,27). The molecule has 3 aromatic rings. The Morgan fingerprint density at radius 3 is 2.79 bits per heavy atom. The van der Waals surface area contributed by atoms with Crippen LogP contribution in [-0.4, -0.2) is 45.0 Å². The average Bonchev–Trinajstić information content (AvgIpc) is 3.28. The predicted molar refractivity (Wildman–Crippen MR) is 109 cm³/mol. The maximum absolute atomic E-state index is 12.3. The number of pyridine rings is 1. The molecule has 1 saturated heterocycles. The van der Waals surface area contributed by atoms with Crippen LogP contribution in [0.4, 0.5) is 5.95 Å². The lowest BCUT2D eigenvalue weighted by Crippen LogP contribution is -2.38. The SMILES string of the molecule is Cc1nc(C)c(-c2ccnc(N3CCC(NC(=O)Cc4ccncc4)C3)n2)s1. The van der Waals surface area contributed by atoms with Crippen LogP contribution in [0.25, 0.3) is 10.6 Å². The van der Waals surface area contributed by atoms with E-state index in [0.717, 1.165) is 39.8 Å². The van der Waals surface area contributed by atoms with Crippen molar-refractivity contribution >= 4 is 23.2 Å².